The average Bonchev–Trinajstić information content (AvgIpc) is 2.83. The van der Waals surface area contributed by atoms with E-state index < -0.39 is 5.60 Å². The summed E-state index contributed by atoms with van der Waals surface area (Å²) in [6, 6.07) is 7.53. The Morgan fingerprint density at radius 1 is 1.28 bits per heavy atom. The van der Waals surface area contributed by atoms with Crippen LogP contribution in [0.5, 0.6) is 0 Å². The maximum atomic E-state index is 12.1. The van der Waals surface area contributed by atoms with Crippen LogP contribution in [-0.4, -0.2) is 40.3 Å². The number of nitrogens with one attached hydrogen (secondary N) is 1. The number of aromatic nitrogens is 1. The van der Waals surface area contributed by atoms with Crippen molar-refractivity contribution in [2.24, 2.45) is 0 Å². The lowest BCUT2D eigenvalue weighted by Crippen LogP contribution is -2.46. The highest BCUT2D eigenvalue weighted by Gasteiger charge is 2.24. The third-order valence-electron chi connectivity index (χ3n) is 4.22. The predicted molar refractivity (Wildman–Crippen MR) is 94.4 cm³/mol. The summed E-state index contributed by atoms with van der Waals surface area (Å²) in [7, 11) is 0. The number of oxazole rings is 1. The molecule has 0 bridgehead atoms. The Morgan fingerprint density at radius 3 is 2.64 bits per heavy atom. The van der Waals surface area contributed by atoms with E-state index in [1.807, 2.05) is 39.0 Å². The molecule has 1 aliphatic heterocycles. The highest BCUT2D eigenvalue weighted by molar-refractivity contribution is 5.72. The average molecular weight is 347 g/mol. The van der Waals surface area contributed by atoms with Gasteiger partial charge in [-0.2, -0.15) is 0 Å². The second kappa shape index (κ2) is 6.92. The van der Waals surface area contributed by atoms with Crippen LogP contribution >= 0.6 is 0 Å². The van der Waals surface area contributed by atoms with Crippen molar-refractivity contribution in [3.8, 4) is 0 Å². The van der Waals surface area contributed by atoms with E-state index in [0.717, 1.165) is 31.4 Å². The first-order chi connectivity index (χ1) is 11.8. The number of fused-ring (bicyclic) bond motifs is 1. The Morgan fingerprint density at radius 2 is 1.96 bits per heavy atom. The quantitative estimate of drug-likeness (QED) is 0.923. The van der Waals surface area contributed by atoms with Crippen molar-refractivity contribution < 1.29 is 13.9 Å². The monoisotopic (exact) mass is 347 g/mol. The molecular formula is C18H25N3O4. The molecule has 1 aromatic carbocycles. The van der Waals surface area contributed by atoms with Crippen molar-refractivity contribution in [1.29, 1.82) is 0 Å². The van der Waals surface area contributed by atoms with E-state index in [1.54, 1.807) is 10.6 Å². The molecule has 1 amide bonds. The molecule has 136 valence electrons. The van der Waals surface area contributed by atoms with E-state index in [0.29, 0.717) is 12.3 Å². The van der Waals surface area contributed by atoms with Crippen LogP contribution < -0.4 is 11.1 Å². The van der Waals surface area contributed by atoms with E-state index in [9.17, 15) is 9.59 Å². The Kier molecular flexibility index (Phi) is 4.85. The molecule has 1 fully saturated rings. The Balaban J connectivity index is 1.55. The van der Waals surface area contributed by atoms with Crippen LogP contribution in [0.2, 0.25) is 0 Å². The van der Waals surface area contributed by atoms with E-state index in [1.165, 1.54) is 0 Å². The van der Waals surface area contributed by atoms with Gasteiger partial charge in [-0.1, -0.05) is 12.1 Å². The maximum Gasteiger partial charge on any atom is 0.421 e. The summed E-state index contributed by atoms with van der Waals surface area (Å²) in [5.41, 5.74) is 0.921. The van der Waals surface area contributed by atoms with Gasteiger partial charge in [0.25, 0.3) is 0 Å². The predicted octanol–water partition coefficient (Wildman–Crippen LogP) is 2.54. The third kappa shape index (κ3) is 4.42. The van der Waals surface area contributed by atoms with Crippen molar-refractivity contribution >= 4 is 17.2 Å². The molecule has 0 saturated carbocycles. The lowest BCUT2D eigenvalue weighted by atomic mass is 10.1. The van der Waals surface area contributed by atoms with Gasteiger partial charge in [0.1, 0.15) is 5.60 Å². The highest BCUT2D eigenvalue weighted by Crippen LogP contribution is 2.16. The van der Waals surface area contributed by atoms with Crippen LogP contribution in [0.1, 0.15) is 33.6 Å². The summed E-state index contributed by atoms with van der Waals surface area (Å²) in [6.07, 6.45) is 1.27. The summed E-state index contributed by atoms with van der Waals surface area (Å²) < 4.78 is 12.2. The third-order valence-corrected chi connectivity index (χ3v) is 4.22. The molecule has 7 heteroatoms. The molecule has 1 aromatic heterocycles. The molecule has 0 spiro atoms. The molecular weight excluding hydrogens is 322 g/mol. The fourth-order valence-corrected chi connectivity index (χ4v) is 3.04. The molecule has 0 unspecified atom stereocenters. The number of alkyl carbamates (subject to hydrolysis) is 1. The molecule has 3 rings (SSSR count). The summed E-state index contributed by atoms with van der Waals surface area (Å²) in [5.74, 6) is -0.338. The SMILES string of the molecule is CC(C)(C)OC(=O)NC1CCN(Cn2c(=O)oc3ccccc32)CC1. The van der Waals surface area contributed by atoms with Gasteiger partial charge in [-0.15, -0.1) is 0 Å². The largest absolute Gasteiger partial charge is 0.444 e. The molecule has 7 nitrogen and oxygen atoms in total. The number of rotatable bonds is 3. The molecule has 0 atom stereocenters. The summed E-state index contributed by atoms with van der Waals surface area (Å²) in [4.78, 5) is 26.1. The zero-order valence-electron chi connectivity index (χ0n) is 14.9. The molecule has 0 radical (unpaired) electrons. The number of likely N-dealkylation sites (tertiary alicyclic amines) is 1. The minimum absolute atomic E-state index is 0.101. The van der Waals surface area contributed by atoms with Crippen LogP contribution in [-0.2, 0) is 11.4 Å². The van der Waals surface area contributed by atoms with Gasteiger partial charge in [0.05, 0.1) is 12.2 Å². The second-order valence-electron chi connectivity index (χ2n) is 7.44. The summed E-state index contributed by atoms with van der Waals surface area (Å²) in [5, 5.41) is 2.92. The Hall–Kier alpha value is -2.28. The van der Waals surface area contributed by atoms with Gasteiger partial charge in [-0.25, -0.2) is 9.59 Å². The summed E-state index contributed by atoms with van der Waals surface area (Å²) in [6.45, 7) is 7.64. The van der Waals surface area contributed by atoms with Gasteiger partial charge < -0.3 is 14.5 Å². The van der Waals surface area contributed by atoms with Crippen LogP contribution in [0.3, 0.4) is 0 Å². The number of nitrogens with zero attached hydrogens (tertiary/aromatic N) is 2. The summed E-state index contributed by atoms with van der Waals surface area (Å²) >= 11 is 0. The van der Waals surface area contributed by atoms with Crippen LogP contribution in [0.25, 0.3) is 11.1 Å². The van der Waals surface area contributed by atoms with Gasteiger partial charge >= 0.3 is 11.8 Å². The fraction of sp³-hybridized carbons (Fsp3) is 0.556. The van der Waals surface area contributed by atoms with Crippen LogP contribution in [0.4, 0.5) is 4.79 Å². The van der Waals surface area contributed by atoms with E-state index in [-0.39, 0.29) is 17.9 Å². The molecule has 2 heterocycles. The minimum atomic E-state index is -0.492. The standard InChI is InChI=1S/C18H25N3O4/c1-18(2,3)25-16(22)19-13-8-10-20(11-9-13)12-21-14-6-4-5-7-15(14)24-17(21)23/h4-7,13H,8-12H2,1-3H3,(H,19,22). The smallest absolute Gasteiger partial charge is 0.421 e. The van der Waals surface area contributed by atoms with Gasteiger partial charge in [0.15, 0.2) is 5.58 Å². The first-order valence-corrected chi connectivity index (χ1v) is 8.62. The molecule has 2 aromatic rings. The number of carbonyl (C=O) groups excluding carboxylic acids is 1. The first kappa shape index (κ1) is 17.5. The van der Waals surface area contributed by atoms with E-state index in [2.05, 4.69) is 10.2 Å². The van der Waals surface area contributed by atoms with Crippen molar-refractivity contribution in [1.82, 2.24) is 14.8 Å². The van der Waals surface area contributed by atoms with Crippen molar-refractivity contribution in [3.05, 3.63) is 34.8 Å². The molecule has 1 saturated heterocycles. The zero-order valence-corrected chi connectivity index (χ0v) is 14.9. The van der Waals surface area contributed by atoms with Crippen LogP contribution in [0, 0.1) is 0 Å². The van der Waals surface area contributed by atoms with Gasteiger partial charge in [-0.05, 0) is 45.7 Å². The van der Waals surface area contributed by atoms with Crippen molar-refractivity contribution in [2.45, 2.75) is 51.9 Å². The van der Waals surface area contributed by atoms with Gasteiger partial charge in [-0.3, -0.25) is 9.47 Å². The Bertz CT molecular complexity index is 794. The van der Waals surface area contributed by atoms with E-state index >= 15 is 0 Å². The number of ether oxygens (including phenoxy) is 1. The number of piperidine rings is 1. The Labute approximate surface area is 146 Å². The number of hydrogen-bond acceptors (Lipinski definition) is 5. The van der Waals surface area contributed by atoms with Crippen molar-refractivity contribution in [3.63, 3.8) is 0 Å². The molecule has 1 N–H and O–H groups in total. The molecule has 0 aliphatic carbocycles. The van der Waals surface area contributed by atoms with E-state index in [4.69, 9.17) is 9.15 Å². The van der Waals surface area contributed by atoms with Crippen LogP contribution in [0.15, 0.2) is 33.5 Å². The lowest BCUT2D eigenvalue weighted by Gasteiger charge is -2.32. The van der Waals surface area contributed by atoms with Crippen molar-refractivity contribution in [2.75, 3.05) is 13.1 Å². The fourth-order valence-electron chi connectivity index (χ4n) is 3.04. The lowest BCUT2D eigenvalue weighted by molar-refractivity contribution is 0.0472. The first-order valence-electron chi connectivity index (χ1n) is 8.62. The number of amides is 1. The van der Waals surface area contributed by atoms with Gasteiger partial charge in [0.2, 0.25) is 0 Å². The molecule has 1 aliphatic rings. The van der Waals surface area contributed by atoms with Gasteiger partial charge in [0, 0.05) is 19.1 Å². The number of hydrogen-bond donors (Lipinski definition) is 1. The topological polar surface area (TPSA) is 76.7 Å². The zero-order chi connectivity index (χ0) is 18.0. The number of benzene rings is 1. The number of para-hydroxylation sites is 2. The highest BCUT2D eigenvalue weighted by atomic mass is 16.6. The second-order valence-corrected chi connectivity index (χ2v) is 7.44. The normalized spacial score (nSPS) is 16.9. The minimum Gasteiger partial charge on any atom is -0.444 e. The maximum absolute atomic E-state index is 12.1. The molecule has 25 heavy (non-hydrogen) atoms. The number of carbonyl (C=O) groups is 1.